The van der Waals surface area contributed by atoms with E-state index in [9.17, 15) is 4.79 Å². The number of aryl methyl sites for hydroxylation is 1. The van der Waals surface area contributed by atoms with Crippen LogP contribution < -0.4 is 15.8 Å². The SMILES string of the molecule is CCCN(C)c1cnn(CCC2CCCCN2)c(=O)c1. The molecule has 0 bridgehead atoms. The average Bonchev–Trinajstić information content (AvgIpc) is 2.47. The van der Waals surface area contributed by atoms with Gasteiger partial charge in [0.2, 0.25) is 0 Å². The first kappa shape index (κ1) is 15.0. The third kappa shape index (κ3) is 4.07. The molecule has 0 aliphatic carbocycles. The van der Waals surface area contributed by atoms with Gasteiger partial charge in [0.1, 0.15) is 0 Å². The Balaban J connectivity index is 1.93. The highest BCUT2D eigenvalue weighted by molar-refractivity contribution is 5.41. The fourth-order valence-corrected chi connectivity index (χ4v) is 2.71. The summed E-state index contributed by atoms with van der Waals surface area (Å²) in [6.45, 7) is 4.88. The Hall–Kier alpha value is -1.36. The molecule has 0 radical (unpaired) electrons. The average molecular weight is 278 g/mol. The number of piperidine rings is 1. The van der Waals surface area contributed by atoms with Crippen molar-refractivity contribution in [3.05, 3.63) is 22.6 Å². The molecule has 20 heavy (non-hydrogen) atoms. The molecular formula is C15H26N4O. The van der Waals surface area contributed by atoms with Gasteiger partial charge in [-0.05, 0) is 32.2 Å². The predicted molar refractivity (Wildman–Crippen MR) is 82.3 cm³/mol. The lowest BCUT2D eigenvalue weighted by molar-refractivity contribution is 0.357. The Morgan fingerprint density at radius 3 is 3.00 bits per heavy atom. The smallest absolute Gasteiger partial charge is 0.268 e. The highest BCUT2D eigenvalue weighted by Crippen LogP contribution is 2.11. The quantitative estimate of drug-likeness (QED) is 0.859. The molecule has 112 valence electrons. The van der Waals surface area contributed by atoms with Crippen LogP contribution in [0, 0.1) is 0 Å². The van der Waals surface area contributed by atoms with E-state index in [4.69, 9.17) is 0 Å². The van der Waals surface area contributed by atoms with Gasteiger partial charge in [-0.2, -0.15) is 5.10 Å². The number of hydrogen-bond donors (Lipinski definition) is 1. The lowest BCUT2D eigenvalue weighted by Gasteiger charge is -2.23. The van der Waals surface area contributed by atoms with Crippen LogP contribution in [0.15, 0.2) is 17.1 Å². The molecule has 1 unspecified atom stereocenters. The molecule has 1 aromatic heterocycles. The molecule has 1 fully saturated rings. The summed E-state index contributed by atoms with van der Waals surface area (Å²) in [7, 11) is 2.00. The van der Waals surface area contributed by atoms with Crippen molar-refractivity contribution in [3.8, 4) is 0 Å². The topological polar surface area (TPSA) is 50.2 Å². The van der Waals surface area contributed by atoms with Gasteiger partial charge in [0.05, 0.1) is 11.9 Å². The second-order valence-electron chi connectivity index (χ2n) is 5.63. The first-order chi connectivity index (χ1) is 9.70. The molecule has 1 aliphatic heterocycles. The van der Waals surface area contributed by atoms with E-state index in [2.05, 4.69) is 22.2 Å². The van der Waals surface area contributed by atoms with E-state index in [1.165, 1.54) is 19.3 Å². The summed E-state index contributed by atoms with van der Waals surface area (Å²) >= 11 is 0. The molecule has 5 heteroatoms. The van der Waals surface area contributed by atoms with Gasteiger partial charge in [0.25, 0.3) is 5.56 Å². The second-order valence-corrected chi connectivity index (χ2v) is 5.63. The number of nitrogens with one attached hydrogen (secondary N) is 1. The van der Waals surface area contributed by atoms with Crippen molar-refractivity contribution in [1.82, 2.24) is 15.1 Å². The molecular weight excluding hydrogens is 252 g/mol. The van der Waals surface area contributed by atoms with E-state index in [1.807, 2.05) is 7.05 Å². The zero-order valence-electron chi connectivity index (χ0n) is 12.6. The summed E-state index contributed by atoms with van der Waals surface area (Å²) in [4.78, 5) is 14.1. The predicted octanol–water partition coefficient (Wildman–Crippen LogP) is 1.62. The maximum atomic E-state index is 12.1. The molecule has 2 heterocycles. The Morgan fingerprint density at radius 1 is 1.50 bits per heavy atom. The molecule has 1 atom stereocenters. The van der Waals surface area contributed by atoms with E-state index in [-0.39, 0.29) is 5.56 Å². The van der Waals surface area contributed by atoms with Crippen molar-refractivity contribution < 1.29 is 0 Å². The van der Waals surface area contributed by atoms with Crippen LogP contribution in [0.25, 0.3) is 0 Å². The fourth-order valence-electron chi connectivity index (χ4n) is 2.71. The normalized spacial score (nSPS) is 19.0. The zero-order valence-corrected chi connectivity index (χ0v) is 12.6. The summed E-state index contributed by atoms with van der Waals surface area (Å²) in [6.07, 6.45) is 7.62. The van der Waals surface area contributed by atoms with Crippen LogP contribution in [-0.2, 0) is 6.54 Å². The Kier molecular flexibility index (Phi) is 5.59. The number of rotatable bonds is 6. The minimum Gasteiger partial charge on any atom is -0.373 e. The molecule has 0 saturated carbocycles. The summed E-state index contributed by atoms with van der Waals surface area (Å²) in [5, 5.41) is 7.80. The maximum Gasteiger partial charge on any atom is 0.268 e. The van der Waals surface area contributed by atoms with Gasteiger partial charge in [0.15, 0.2) is 0 Å². The van der Waals surface area contributed by atoms with Crippen LogP contribution in [0.5, 0.6) is 0 Å². The van der Waals surface area contributed by atoms with Crippen LogP contribution in [-0.4, -0.2) is 36.0 Å². The molecule has 0 aromatic carbocycles. The van der Waals surface area contributed by atoms with E-state index in [1.54, 1.807) is 16.9 Å². The first-order valence-corrected chi connectivity index (χ1v) is 7.72. The van der Waals surface area contributed by atoms with Gasteiger partial charge >= 0.3 is 0 Å². The minimum atomic E-state index is 0.00117. The molecule has 1 aromatic rings. The largest absolute Gasteiger partial charge is 0.373 e. The zero-order chi connectivity index (χ0) is 14.4. The van der Waals surface area contributed by atoms with Crippen molar-refractivity contribution in [2.24, 2.45) is 0 Å². The Morgan fingerprint density at radius 2 is 2.35 bits per heavy atom. The van der Waals surface area contributed by atoms with Crippen LogP contribution in [0.1, 0.15) is 39.0 Å². The highest BCUT2D eigenvalue weighted by Gasteiger charge is 2.13. The van der Waals surface area contributed by atoms with Crippen LogP contribution in [0.3, 0.4) is 0 Å². The van der Waals surface area contributed by atoms with Crippen LogP contribution in [0.4, 0.5) is 5.69 Å². The molecule has 1 N–H and O–H groups in total. The van der Waals surface area contributed by atoms with Gasteiger partial charge in [-0.3, -0.25) is 4.79 Å². The molecule has 2 rings (SSSR count). The maximum absolute atomic E-state index is 12.1. The summed E-state index contributed by atoms with van der Waals surface area (Å²) in [6, 6.07) is 2.23. The number of anilines is 1. The van der Waals surface area contributed by atoms with Crippen LogP contribution in [0.2, 0.25) is 0 Å². The van der Waals surface area contributed by atoms with Gasteiger partial charge in [-0.25, -0.2) is 4.68 Å². The second kappa shape index (κ2) is 7.43. The molecule has 0 amide bonds. The Bertz CT molecular complexity index is 465. The number of nitrogens with zero attached hydrogens (tertiary/aromatic N) is 3. The third-order valence-corrected chi connectivity index (χ3v) is 3.96. The van der Waals surface area contributed by atoms with Crippen molar-refractivity contribution in [2.75, 3.05) is 25.0 Å². The Labute approximate surface area is 121 Å². The fraction of sp³-hybridized carbons (Fsp3) is 0.733. The van der Waals surface area contributed by atoms with Gasteiger partial charge < -0.3 is 10.2 Å². The van der Waals surface area contributed by atoms with E-state index in [0.717, 1.165) is 31.6 Å². The molecule has 1 aliphatic rings. The van der Waals surface area contributed by atoms with E-state index in [0.29, 0.717) is 12.6 Å². The first-order valence-electron chi connectivity index (χ1n) is 7.72. The summed E-state index contributed by atoms with van der Waals surface area (Å²) in [5.41, 5.74) is 0.908. The molecule has 5 nitrogen and oxygen atoms in total. The molecule has 1 saturated heterocycles. The van der Waals surface area contributed by atoms with Crippen molar-refractivity contribution in [3.63, 3.8) is 0 Å². The van der Waals surface area contributed by atoms with E-state index >= 15 is 0 Å². The van der Waals surface area contributed by atoms with E-state index < -0.39 is 0 Å². The van der Waals surface area contributed by atoms with Crippen molar-refractivity contribution in [1.29, 1.82) is 0 Å². The lowest BCUT2D eigenvalue weighted by Crippen LogP contribution is -2.36. The lowest BCUT2D eigenvalue weighted by atomic mass is 10.0. The van der Waals surface area contributed by atoms with Crippen molar-refractivity contribution in [2.45, 2.75) is 51.6 Å². The minimum absolute atomic E-state index is 0.00117. The van der Waals surface area contributed by atoms with Crippen molar-refractivity contribution >= 4 is 5.69 Å². The van der Waals surface area contributed by atoms with Gasteiger partial charge in [0, 0.05) is 32.2 Å². The third-order valence-electron chi connectivity index (χ3n) is 3.96. The highest BCUT2D eigenvalue weighted by atomic mass is 16.1. The summed E-state index contributed by atoms with van der Waals surface area (Å²) < 4.78 is 1.58. The van der Waals surface area contributed by atoms with Gasteiger partial charge in [-0.1, -0.05) is 13.3 Å². The van der Waals surface area contributed by atoms with Gasteiger partial charge in [-0.15, -0.1) is 0 Å². The van der Waals surface area contributed by atoms with Crippen LogP contribution >= 0.6 is 0 Å². The summed E-state index contributed by atoms with van der Waals surface area (Å²) in [5.74, 6) is 0. The monoisotopic (exact) mass is 278 g/mol. The standard InChI is InChI=1S/C15H26N4O/c1-3-9-18(2)14-11-15(20)19(17-12-14)10-7-13-6-4-5-8-16-13/h11-13,16H,3-10H2,1-2H3. The number of aromatic nitrogens is 2. The molecule has 0 spiro atoms. The number of hydrogen-bond acceptors (Lipinski definition) is 4.